The highest BCUT2D eigenvalue weighted by Crippen LogP contribution is 2.15. The first-order valence-corrected chi connectivity index (χ1v) is 5.10. The first kappa shape index (κ1) is 9.93. The van der Waals surface area contributed by atoms with Gasteiger partial charge in [-0.05, 0) is 13.0 Å². The maximum absolute atomic E-state index is 5.71. The topological polar surface area (TPSA) is 43.8 Å². The van der Waals surface area contributed by atoms with E-state index in [-0.39, 0.29) is 6.04 Å². The van der Waals surface area contributed by atoms with E-state index in [4.69, 9.17) is 5.73 Å². The first-order chi connectivity index (χ1) is 7.25. The predicted molar refractivity (Wildman–Crippen MR) is 61.3 cm³/mol. The molecule has 0 bridgehead atoms. The van der Waals surface area contributed by atoms with E-state index in [0.717, 1.165) is 17.8 Å². The van der Waals surface area contributed by atoms with Crippen molar-refractivity contribution in [3.05, 3.63) is 42.6 Å². The maximum Gasteiger partial charge on any atom is 0.0923 e. The van der Waals surface area contributed by atoms with E-state index >= 15 is 0 Å². The molecule has 0 unspecified atom stereocenters. The van der Waals surface area contributed by atoms with Crippen molar-refractivity contribution >= 4 is 0 Å². The summed E-state index contributed by atoms with van der Waals surface area (Å²) in [5, 5.41) is 4.46. The van der Waals surface area contributed by atoms with Crippen LogP contribution in [-0.2, 0) is 6.54 Å². The Bertz CT molecular complexity index is 417. The highest BCUT2D eigenvalue weighted by Gasteiger charge is 2.02. The smallest absolute Gasteiger partial charge is 0.0923 e. The molecule has 0 aliphatic rings. The van der Waals surface area contributed by atoms with Gasteiger partial charge in [0.25, 0.3) is 0 Å². The SMILES string of the molecule is C[C@H](N)Cn1ccc(-c2ccccc2)n1. The Labute approximate surface area is 89.5 Å². The average Bonchev–Trinajstić information content (AvgIpc) is 2.67. The van der Waals surface area contributed by atoms with Crippen molar-refractivity contribution in [1.82, 2.24) is 9.78 Å². The van der Waals surface area contributed by atoms with E-state index in [1.165, 1.54) is 0 Å². The van der Waals surface area contributed by atoms with Crippen LogP contribution in [0, 0.1) is 0 Å². The van der Waals surface area contributed by atoms with Gasteiger partial charge < -0.3 is 5.73 Å². The quantitative estimate of drug-likeness (QED) is 0.824. The van der Waals surface area contributed by atoms with E-state index in [9.17, 15) is 0 Å². The monoisotopic (exact) mass is 201 g/mol. The molecule has 1 aromatic carbocycles. The van der Waals surface area contributed by atoms with Crippen molar-refractivity contribution in [3.8, 4) is 11.3 Å². The molecule has 0 amide bonds. The fourth-order valence-corrected chi connectivity index (χ4v) is 1.52. The third-order valence-corrected chi connectivity index (χ3v) is 2.19. The maximum atomic E-state index is 5.71. The van der Waals surface area contributed by atoms with E-state index in [2.05, 4.69) is 17.2 Å². The number of rotatable bonds is 3. The molecule has 0 radical (unpaired) electrons. The highest BCUT2D eigenvalue weighted by atomic mass is 15.3. The molecule has 1 atom stereocenters. The molecule has 2 N–H and O–H groups in total. The van der Waals surface area contributed by atoms with Crippen LogP contribution in [0.25, 0.3) is 11.3 Å². The van der Waals surface area contributed by atoms with Crippen molar-refractivity contribution in [3.63, 3.8) is 0 Å². The molecule has 2 rings (SSSR count). The number of nitrogens with two attached hydrogens (primary N) is 1. The third kappa shape index (κ3) is 2.44. The van der Waals surface area contributed by atoms with Gasteiger partial charge in [-0.3, -0.25) is 4.68 Å². The van der Waals surface area contributed by atoms with Crippen molar-refractivity contribution < 1.29 is 0 Å². The van der Waals surface area contributed by atoms with Gasteiger partial charge in [-0.2, -0.15) is 5.10 Å². The predicted octanol–water partition coefficient (Wildman–Crippen LogP) is 1.90. The van der Waals surface area contributed by atoms with Gasteiger partial charge in [-0.25, -0.2) is 0 Å². The van der Waals surface area contributed by atoms with Gasteiger partial charge >= 0.3 is 0 Å². The molecule has 1 heterocycles. The fourth-order valence-electron chi connectivity index (χ4n) is 1.52. The molecule has 0 aliphatic heterocycles. The summed E-state index contributed by atoms with van der Waals surface area (Å²) in [6, 6.07) is 12.3. The molecule has 15 heavy (non-hydrogen) atoms. The fraction of sp³-hybridized carbons (Fsp3) is 0.250. The van der Waals surface area contributed by atoms with Crippen molar-refractivity contribution in [2.24, 2.45) is 5.73 Å². The van der Waals surface area contributed by atoms with Crippen molar-refractivity contribution in [2.45, 2.75) is 19.5 Å². The van der Waals surface area contributed by atoms with E-state index < -0.39 is 0 Å². The summed E-state index contributed by atoms with van der Waals surface area (Å²) in [7, 11) is 0. The summed E-state index contributed by atoms with van der Waals surface area (Å²) in [5.41, 5.74) is 7.85. The first-order valence-electron chi connectivity index (χ1n) is 5.10. The Morgan fingerprint density at radius 1 is 1.27 bits per heavy atom. The van der Waals surface area contributed by atoms with Gasteiger partial charge in [0.2, 0.25) is 0 Å². The van der Waals surface area contributed by atoms with Crippen LogP contribution in [0.4, 0.5) is 0 Å². The molecule has 2 aromatic rings. The lowest BCUT2D eigenvalue weighted by Crippen LogP contribution is -2.22. The Kier molecular flexibility index (Phi) is 2.83. The zero-order valence-corrected chi connectivity index (χ0v) is 8.80. The summed E-state index contributed by atoms with van der Waals surface area (Å²) in [6.45, 7) is 2.73. The average molecular weight is 201 g/mol. The molecule has 78 valence electrons. The lowest BCUT2D eigenvalue weighted by atomic mass is 10.2. The Morgan fingerprint density at radius 3 is 2.67 bits per heavy atom. The number of hydrogen-bond acceptors (Lipinski definition) is 2. The van der Waals surface area contributed by atoms with Gasteiger partial charge in [0, 0.05) is 17.8 Å². The summed E-state index contributed by atoms with van der Waals surface area (Å²) >= 11 is 0. The van der Waals surface area contributed by atoms with E-state index in [0.29, 0.717) is 0 Å². The lowest BCUT2D eigenvalue weighted by molar-refractivity contribution is 0.540. The van der Waals surface area contributed by atoms with Gasteiger partial charge in [-0.15, -0.1) is 0 Å². The zero-order valence-electron chi connectivity index (χ0n) is 8.80. The second kappa shape index (κ2) is 4.28. The Hall–Kier alpha value is -1.61. The molecular formula is C12H15N3. The van der Waals surface area contributed by atoms with Gasteiger partial charge in [0.1, 0.15) is 0 Å². The standard InChI is InChI=1S/C12H15N3/c1-10(13)9-15-8-7-12(14-15)11-5-3-2-4-6-11/h2-8,10H,9,13H2,1H3/t10-/m0/s1. The second-order valence-corrected chi connectivity index (χ2v) is 3.77. The van der Waals surface area contributed by atoms with Crippen molar-refractivity contribution in [1.29, 1.82) is 0 Å². The molecule has 3 nitrogen and oxygen atoms in total. The minimum atomic E-state index is 0.133. The van der Waals surface area contributed by atoms with Crippen molar-refractivity contribution in [2.75, 3.05) is 0 Å². The minimum Gasteiger partial charge on any atom is -0.326 e. The third-order valence-electron chi connectivity index (χ3n) is 2.19. The summed E-state index contributed by atoms with van der Waals surface area (Å²) in [5.74, 6) is 0. The number of benzene rings is 1. The summed E-state index contributed by atoms with van der Waals surface area (Å²) < 4.78 is 1.88. The summed E-state index contributed by atoms with van der Waals surface area (Å²) in [4.78, 5) is 0. The van der Waals surface area contributed by atoms with Crippen LogP contribution in [0.1, 0.15) is 6.92 Å². The largest absolute Gasteiger partial charge is 0.326 e. The van der Waals surface area contributed by atoms with Crippen LogP contribution in [0.5, 0.6) is 0 Å². The van der Waals surface area contributed by atoms with Gasteiger partial charge in [-0.1, -0.05) is 30.3 Å². The van der Waals surface area contributed by atoms with Crippen LogP contribution < -0.4 is 5.73 Å². The molecule has 0 fully saturated rings. The lowest BCUT2D eigenvalue weighted by Gasteiger charge is -2.04. The number of nitrogens with zero attached hydrogens (tertiary/aromatic N) is 2. The number of aromatic nitrogens is 2. The molecule has 0 saturated heterocycles. The van der Waals surface area contributed by atoms with Crippen LogP contribution in [0.3, 0.4) is 0 Å². The number of hydrogen-bond donors (Lipinski definition) is 1. The van der Waals surface area contributed by atoms with Gasteiger partial charge in [0.15, 0.2) is 0 Å². The molecule has 1 aromatic heterocycles. The van der Waals surface area contributed by atoms with Crippen LogP contribution in [-0.4, -0.2) is 15.8 Å². The molecule has 0 spiro atoms. The van der Waals surface area contributed by atoms with Crippen LogP contribution in [0.15, 0.2) is 42.6 Å². The Morgan fingerprint density at radius 2 is 2.00 bits per heavy atom. The van der Waals surface area contributed by atoms with E-state index in [1.807, 2.05) is 42.1 Å². The molecular weight excluding hydrogens is 186 g/mol. The zero-order chi connectivity index (χ0) is 10.7. The van der Waals surface area contributed by atoms with E-state index in [1.54, 1.807) is 0 Å². The molecule has 0 aliphatic carbocycles. The Balaban J connectivity index is 2.21. The molecule has 3 heteroatoms. The van der Waals surface area contributed by atoms with Gasteiger partial charge in [0.05, 0.1) is 12.2 Å². The van der Waals surface area contributed by atoms with Crippen LogP contribution >= 0.6 is 0 Å². The molecule has 0 saturated carbocycles. The minimum absolute atomic E-state index is 0.133. The summed E-state index contributed by atoms with van der Waals surface area (Å²) in [6.07, 6.45) is 1.96. The highest BCUT2D eigenvalue weighted by molar-refractivity contribution is 5.57. The normalized spacial score (nSPS) is 12.7. The second-order valence-electron chi connectivity index (χ2n) is 3.77. The van der Waals surface area contributed by atoms with Crippen LogP contribution in [0.2, 0.25) is 0 Å².